The third-order valence-electron chi connectivity index (χ3n) is 3.66. The van der Waals surface area contributed by atoms with Crippen molar-refractivity contribution in [1.29, 1.82) is 0 Å². The second-order valence-corrected chi connectivity index (χ2v) is 7.22. The number of hydrogen-bond acceptors (Lipinski definition) is 3. The molecule has 1 aromatic rings. The minimum atomic E-state index is -3.58. The first-order valence-electron chi connectivity index (χ1n) is 6.91. The fraction of sp³-hybridized carbons (Fsp3) is 0.500. The molecule has 116 valence electrons. The summed E-state index contributed by atoms with van der Waals surface area (Å²) in [4.78, 5) is 11.0. The van der Waals surface area contributed by atoms with Crippen LogP contribution in [0, 0.1) is 12.8 Å². The van der Waals surface area contributed by atoms with Crippen LogP contribution in [0.15, 0.2) is 18.2 Å². The van der Waals surface area contributed by atoms with Crippen molar-refractivity contribution in [2.24, 2.45) is 5.92 Å². The van der Waals surface area contributed by atoms with Crippen molar-refractivity contribution >= 4 is 21.9 Å². The number of hydrogen-bond donors (Lipinski definition) is 2. The van der Waals surface area contributed by atoms with Crippen molar-refractivity contribution in [2.75, 3.05) is 17.8 Å². The van der Waals surface area contributed by atoms with Gasteiger partial charge in [0, 0.05) is 13.1 Å². The lowest BCUT2D eigenvalue weighted by atomic mass is 10.0. The number of carbonyl (C=O) groups is 1. The van der Waals surface area contributed by atoms with Gasteiger partial charge in [-0.15, -0.1) is 0 Å². The van der Waals surface area contributed by atoms with Gasteiger partial charge in [0.25, 0.3) is 0 Å². The van der Waals surface area contributed by atoms with Crippen molar-refractivity contribution in [3.8, 4) is 0 Å². The molecule has 0 bridgehead atoms. The second kappa shape index (κ2) is 6.03. The van der Waals surface area contributed by atoms with E-state index in [1.165, 1.54) is 22.5 Å². The molecule has 0 radical (unpaired) electrons. The molecule has 1 aromatic carbocycles. The molecule has 2 N–H and O–H groups in total. The van der Waals surface area contributed by atoms with Gasteiger partial charge >= 0.3 is 16.2 Å². The van der Waals surface area contributed by atoms with Crippen LogP contribution in [-0.4, -0.2) is 36.9 Å². The minimum Gasteiger partial charge on any atom is -0.478 e. The van der Waals surface area contributed by atoms with E-state index in [-0.39, 0.29) is 5.56 Å². The lowest BCUT2D eigenvalue weighted by Crippen LogP contribution is -2.42. The first-order valence-corrected chi connectivity index (χ1v) is 8.35. The number of benzene rings is 1. The highest BCUT2D eigenvalue weighted by molar-refractivity contribution is 7.90. The molecule has 1 atom stereocenters. The molecule has 6 nitrogen and oxygen atoms in total. The Hall–Kier alpha value is -1.60. The van der Waals surface area contributed by atoms with Gasteiger partial charge in [0.1, 0.15) is 0 Å². The summed E-state index contributed by atoms with van der Waals surface area (Å²) in [5.74, 6) is -0.668. The van der Waals surface area contributed by atoms with Crippen molar-refractivity contribution < 1.29 is 18.3 Å². The normalized spacial score (nSPS) is 20.2. The van der Waals surface area contributed by atoms with Crippen LogP contribution >= 0.6 is 0 Å². The van der Waals surface area contributed by atoms with Crippen LogP contribution in [0.5, 0.6) is 0 Å². The summed E-state index contributed by atoms with van der Waals surface area (Å²) in [5.41, 5.74) is 1.08. The highest BCUT2D eigenvalue weighted by atomic mass is 32.2. The fourth-order valence-corrected chi connectivity index (χ4v) is 3.92. The summed E-state index contributed by atoms with van der Waals surface area (Å²) in [7, 11) is -3.58. The quantitative estimate of drug-likeness (QED) is 0.891. The molecule has 0 amide bonds. The van der Waals surface area contributed by atoms with Crippen LogP contribution in [0.2, 0.25) is 0 Å². The molecule has 1 aliphatic heterocycles. The lowest BCUT2D eigenvalue weighted by Gasteiger charge is -2.30. The van der Waals surface area contributed by atoms with E-state index in [0.29, 0.717) is 30.3 Å². The summed E-state index contributed by atoms with van der Waals surface area (Å²) >= 11 is 0. The standard InChI is InChI=1S/C14H20N2O4S/c1-10-4-3-7-16(9-10)21(19,20)15-12-5-6-13(14(17)18)11(2)8-12/h5-6,8,10,15H,3-4,7,9H2,1-2H3,(H,17,18)/t10-/m0/s1. The third-order valence-corrected chi connectivity index (χ3v) is 5.17. The number of rotatable bonds is 4. The summed E-state index contributed by atoms with van der Waals surface area (Å²) in [6.07, 6.45) is 1.90. The molecule has 0 spiro atoms. The summed E-state index contributed by atoms with van der Waals surface area (Å²) in [6, 6.07) is 4.42. The van der Waals surface area contributed by atoms with Crippen molar-refractivity contribution in [3.63, 3.8) is 0 Å². The molecule has 0 saturated carbocycles. The second-order valence-electron chi connectivity index (χ2n) is 5.55. The zero-order valence-corrected chi connectivity index (χ0v) is 13.0. The van der Waals surface area contributed by atoms with Crippen LogP contribution < -0.4 is 4.72 Å². The van der Waals surface area contributed by atoms with Crippen molar-refractivity contribution in [1.82, 2.24) is 4.31 Å². The highest BCUT2D eigenvalue weighted by Crippen LogP contribution is 2.21. The molecule has 0 aliphatic carbocycles. The SMILES string of the molecule is Cc1cc(NS(=O)(=O)N2CCC[C@H](C)C2)ccc1C(=O)O. The maximum atomic E-state index is 12.3. The Morgan fingerprint density at radius 1 is 1.43 bits per heavy atom. The topological polar surface area (TPSA) is 86.7 Å². The molecule has 2 rings (SSSR count). The number of carboxylic acids is 1. The van der Waals surface area contributed by atoms with Gasteiger partial charge in [0.15, 0.2) is 0 Å². The molecule has 0 aromatic heterocycles. The van der Waals surface area contributed by atoms with Gasteiger partial charge < -0.3 is 5.11 Å². The van der Waals surface area contributed by atoms with Gasteiger partial charge in [-0.05, 0) is 49.4 Å². The Morgan fingerprint density at radius 3 is 2.71 bits per heavy atom. The smallest absolute Gasteiger partial charge is 0.335 e. The maximum absolute atomic E-state index is 12.3. The first-order chi connectivity index (χ1) is 9.79. The summed E-state index contributed by atoms with van der Waals surface area (Å²) in [6.45, 7) is 4.71. The summed E-state index contributed by atoms with van der Waals surface area (Å²) < 4.78 is 28.6. The lowest BCUT2D eigenvalue weighted by molar-refractivity contribution is 0.0696. The number of piperidine rings is 1. The molecule has 1 fully saturated rings. The van der Waals surface area contributed by atoms with Gasteiger partial charge in [0.2, 0.25) is 0 Å². The number of carboxylic acid groups (broad SMARTS) is 1. The van der Waals surface area contributed by atoms with E-state index in [0.717, 1.165) is 12.8 Å². The van der Waals surface area contributed by atoms with Gasteiger partial charge in [0.05, 0.1) is 11.3 Å². The van der Waals surface area contributed by atoms with Gasteiger partial charge in [-0.2, -0.15) is 12.7 Å². The average molecular weight is 312 g/mol. The molecule has 21 heavy (non-hydrogen) atoms. The predicted octanol–water partition coefficient (Wildman–Crippen LogP) is 2.08. The van der Waals surface area contributed by atoms with Crippen LogP contribution in [0.1, 0.15) is 35.7 Å². The average Bonchev–Trinajstić information content (AvgIpc) is 2.37. The molecule has 0 unspecified atom stereocenters. The first kappa shape index (κ1) is 15.8. The number of nitrogens with one attached hydrogen (secondary N) is 1. The fourth-order valence-electron chi connectivity index (χ4n) is 2.55. The number of nitrogens with zero attached hydrogens (tertiary/aromatic N) is 1. The molecule has 7 heteroatoms. The molecule has 1 heterocycles. The van der Waals surface area contributed by atoms with E-state index in [1.54, 1.807) is 6.92 Å². The van der Waals surface area contributed by atoms with E-state index in [4.69, 9.17) is 5.11 Å². The van der Waals surface area contributed by atoms with Gasteiger partial charge in [-0.3, -0.25) is 4.72 Å². The van der Waals surface area contributed by atoms with E-state index < -0.39 is 16.2 Å². The molecular weight excluding hydrogens is 292 g/mol. The van der Waals surface area contributed by atoms with E-state index in [9.17, 15) is 13.2 Å². The maximum Gasteiger partial charge on any atom is 0.335 e. The Balaban J connectivity index is 2.17. The Bertz CT molecular complexity index is 642. The molecule has 1 aliphatic rings. The van der Waals surface area contributed by atoms with E-state index in [2.05, 4.69) is 4.72 Å². The van der Waals surface area contributed by atoms with Crippen LogP contribution in [0.3, 0.4) is 0 Å². The monoisotopic (exact) mass is 312 g/mol. The Kier molecular flexibility index (Phi) is 4.53. The molecular formula is C14H20N2O4S. The predicted molar refractivity (Wildman–Crippen MR) is 80.7 cm³/mol. The number of aromatic carboxylic acids is 1. The van der Waals surface area contributed by atoms with Crippen LogP contribution in [-0.2, 0) is 10.2 Å². The zero-order chi connectivity index (χ0) is 15.6. The van der Waals surface area contributed by atoms with E-state index >= 15 is 0 Å². The van der Waals surface area contributed by atoms with E-state index in [1.807, 2.05) is 6.92 Å². The Morgan fingerprint density at radius 2 is 2.14 bits per heavy atom. The largest absolute Gasteiger partial charge is 0.478 e. The van der Waals surface area contributed by atoms with Crippen molar-refractivity contribution in [3.05, 3.63) is 29.3 Å². The van der Waals surface area contributed by atoms with Crippen LogP contribution in [0.4, 0.5) is 5.69 Å². The van der Waals surface area contributed by atoms with Crippen LogP contribution in [0.25, 0.3) is 0 Å². The number of anilines is 1. The van der Waals surface area contributed by atoms with Gasteiger partial charge in [-0.1, -0.05) is 6.92 Å². The molecule has 1 saturated heterocycles. The Labute approximate surface area is 125 Å². The summed E-state index contributed by atoms with van der Waals surface area (Å²) in [5, 5.41) is 8.98. The minimum absolute atomic E-state index is 0.171. The highest BCUT2D eigenvalue weighted by Gasteiger charge is 2.27. The van der Waals surface area contributed by atoms with Crippen molar-refractivity contribution in [2.45, 2.75) is 26.7 Å². The number of aryl methyl sites for hydroxylation is 1. The third kappa shape index (κ3) is 3.74. The van der Waals surface area contributed by atoms with Gasteiger partial charge in [-0.25, -0.2) is 4.79 Å². The zero-order valence-electron chi connectivity index (χ0n) is 12.2.